The van der Waals surface area contributed by atoms with Crippen molar-refractivity contribution in [2.45, 2.75) is 38.1 Å². The van der Waals surface area contributed by atoms with Crippen molar-refractivity contribution >= 4 is 35.0 Å². The number of benzene rings is 2. The predicted octanol–water partition coefficient (Wildman–Crippen LogP) is 3.55. The molecule has 2 amide bonds. The Morgan fingerprint density at radius 2 is 2.00 bits per heavy atom. The second-order valence-electron chi connectivity index (χ2n) is 7.29. The first-order valence-corrected chi connectivity index (χ1v) is 10.9. The van der Waals surface area contributed by atoms with Gasteiger partial charge < -0.3 is 15.0 Å². The van der Waals surface area contributed by atoms with Gasteiger partial charge in [-0.1, -0.05) is 42.1 Å². The number of fused-ring (bicyclic) bond motifs is 1. The number of carbonyl (C=O) groups excluding carboxylic acids is 2. The number of aromatic amines is 1. The Labute approximate surface area is 184 Å². The standard InChI is InChI=1S/C22H23N5O3S/c1-14-7-3-6-10-18(14)30-12-19-24-22(26-25-19)31-13-21(29)27-15(2)11-20(28)23-16-8-4-5-9-17(16)27/h3-10,15H,11-13H2,1-2H3,(H,23,28)(H,24,25,26). The largest absolute Gasteiger partial charge is 0.485 e. The summed E-state index contributed by atoms with van der Waals surface area (Å²) in [6.07, 6.45) is 0.242. The zero-order valence-corrected chi connectivity index (χ0v) is 18.1. The fraction of sp³-hybridized carbons (Fsp3) is 0.273. The van der Waals surface area contributed by atoms with E-state index >= 15 is 0 Å². The van der Waals surface area contributed by atoms with E-state index in [1.165, 1.54) is 11.8 Å². The highest BCUT2D eigenvalue weighted by molar-refractivity contribution is 7.99. The molecule has 0 fully saturated rings. The summed E-state index contributed by atoms with van der Waals surface area (Å²) in [5.74, 6) is 1.32. The molecule has 2 heterocycles. The lowest BCUT2D eigenvalue weighted by atomic mass is 10.2. The molecule has 2 N–H and O–H groups in total. The third-order valence-corrected chi connectivity index (χ3v) is 5.75. The molecule has 8 nitrogen and oxygen atoms in total. The van der Waals surface area contributed by atoms with Gasteiger partial charge in [-0.05, 0) is 37.6 Å². The number of rotatable bonds is 6. The van der Waals surface area contributed by atoms with E-state index in [-0.39, 0.29) is 36.6 Å². The van der Waals surface area contributed by atoms with Crippen LogP contribution in [0.5, 0.6) is 5.75 Å². The number of para-hydroxylation sites is 3. The first kappa shape index (κ1) is 20.9. The fourth-order valence-corrected chi connectivity index (χ4v) is 4.11. The molecule has 9 heteroatoms. The molecule has 1 aliphatic heterocycles. The Bertz CT molecular complexity index is 1100. The first-order valence-electron chi connectivity index (χ1n) is 9.94. The van der Waals surface area contributed by atoms with Gasteiger partial charge >= 0.3 is 0 Å². The fourth-order valence-electron chi connectivity index (χ4n) is 3.44. The van der Waals surface area contributed by atoms with Crippen molar-refractivity contribution in [2.75, 3.05) is 16.0 Å². The van der Waals surface area contributed by atoms with Gasteiger partial charge in [-0.25, -0.2) is 4.98 Å². The Morgan fingerprint density at radius 1 is 1.23 bits per heavy atom. The van der Waals surface area contributed by atoms with Crippen LogP contribution in [0, 0.1) is 6.92 Å². The van der Waals surface area contributed by atoms with E-state index in [4.69, 9.17) is 4.74 Å². The van der Waals surface area contributed by atoms with Crippen molar-refractivity contribution in [1.82, 2.24) is 15.2 Å². The van der Waals surface area contributed by atoms with Crippen molar-refractivity contribution in [1.29, 1.82) is 0 Å². The number of hydrogen-bond acceptors (Lipinski definition) is 6. The minimum absolute atomic E-state index is 0.102. The smallest absolute Gasteiger partial charge is 0.237 e. The zero-order valence-electron chi connectivity index (χ0n) is 17.3. The van der Waals surface area contributed by atoms with Gasteiger partial charge in [0.05, 0.1) is 17.1 Å². The Hall–Kier alpha value is -3.33. The molecule has 0 radical (unpaired) electrons. The molecule has 0 aliphatic carbocycles. The number of H-pyrrole nitrogens is 1. The molecule has 160 valence electrons. The number of ether oxygens (including phenoxy) is 1. The number of nitrogens with zero attached hydrogens (tertiary/aromatic N) is 3. The highest BCUT2D eigenvalue weighted by atomic mass is 32.2. The molecule has 1 aliphatic rings. The minimum Gasteiger partial charge on any atom is -0.485 e. The van der Waals surface area contributed by atoms with Crippen LogP contribution in [0.3, 0.4) is 0 Å². The Kier molecular flexibility index (Phi) is 6.22. The van der Waals surface area contributed by atoms with Gasteiger partial charge in [-0.15, -0.1) is 5.10 Å². The van der Waals surface area contributed by atoms with Crippen molar-refractivity contribution in [3.63, 3.8) is 0 Å². The van der Waals surface area contributed by atoms with E-state index in [2.05, 4.69) is 20.5 Å². The summed E-state index contributed by atoms with van der Waals surface area (Å²) >= 11 is 1.25. The monoisotopic (exact) mass is 437 g/mol. The van der Waals surface area contributed by atoms with Gasteiger partial charge in [0.25, 0.3) is 0 Å². The molecule has 31 heavy (non-hydrogen) atoms. The molecule has 4 rings (SSSR count). The van der Waals surface area contributed by atoms with Crippen molar-refractivity contribution in [3.8, 4) is 5.75 Å². The van der Waals surface area contributed by atoms with E-state index < -0.39 is 0 Å². The summed E-state index contributed by atoms with van der Waals surface area (Å²) < 4.78 is 5.78. The predicted molar refractivity (Wildman–Crippen MR) is 119 cm³/mol. The van der Waals surface area contributed by atoms with Crippen LogP contribution in [-0.4, -0.2) is 38.8 Å². The molecule has 3 aromatic rings. The third-order valence-electron chi connectivity index (χ3n) is 4.92. The van der Waals surface area contributed by atoms with Crippen molar-refractivity contribution in [3.05, 3.63) is 59.9 Å². The summed E-state index contributed by atoms with van der Waals surface area (Å²) in [6.45, 7) is 4.11. The maximum absolute atomic E-state index is 13.0. The number of hydrogen-bond donors (Lipinski definition) is 2. The Balaban J connectivity index is 1.39. The number of carbonyl (C=O) groups is 2. The van der Waals surface area contributed by atoms with Crippen LogP contribution >= 0.6 is 11.8 Å². The van der Waals surface area contributed by atoms with E-state index in [1.807, 2.05) is 56.3 Å². The summed E-state index contributed by atoms with van der Waals surface area (Å²) in [6, 6.07) is 14.8. The van der Waals surface area contributed by atoms with Gasteiger partial charge in [0.2, 0.25) is 17.0 Å². The van der Waals surface area contributed by atoms with Crippen LogP contribution in [0.1, 0.15) is 24.7 Å². The summed E-state index contributed by atoms with van der Waals surface area (Å²) in [5.41, 5.74) is 2.39. The highest BCUT2D eigenvalue weighted by Crippen LogP contribution is 2.32. The summed E-state index contributed by atoms with van der Waals surface area (Å²) in [7, 11) is 0. The Morgan fingerprint density at radius 3 is 2.84 bits per heavy atom. The summed E-state index contributed by atoms with van der Waals surface area (Å²) in [4.78, 5) is 31.2. The second-order valence-corrected chi connectivity index (χ2v) is 8.23. The maximum atomic E-state index is 13.0. The van der Waals surface area contributed by atoms with E-state index in [0.717, 1.165) is 11.3 Å². The quantitative estimate of drug-likeness (QED) is 0.572. The van der Waals surface area contributed by atoms with Gasteiger partial charge in [0.15, 0.2) is 5.82 Å². The number of thioether (sulfide) groups is 1. The molecule has 1 atom stereocenters. The van der Waals surface area contributed by atoms with Crippen LogP contribution in [0.4, 0.5) is 11.4 Å². The van der Waals surface area contributed by atoms with Crippen LogP contribution in [-0.2, 0) is 16.2 Å². The minimum atomic E-state index is -0.248. The lowest BCUT2D eigenvalue weighted by Gasteiger charge is -2.27. The lowest BCUT2D eigenvalue weighted by molar-refractivity contribution is -0.117. The molecule has 2 aromatic carbocycles. The molecule has 0 spiro atoms. The molecule has 0 bridgehead atoms. The average Bonchev–Trinajstić information content (AvgIpc) is 3.15. The number of amides is 2. The molecular weight excluding hydrogens is 414 g/mol. The maximum Gasteiger partial charge on any atom is 0.237 e. The lowest BCUT2D eigenvalue weighted by Crippen LogP contribution is -2.40. The normalized spacial score (nSPS) is 15.7. The van der Waals surface area contributed by atoms with E-state index in [0.29, 0.717) is 22.4 Å². The van der Waals surface area contributed by atoms with Crippen LogP contribution in [0.25, 0.3) is 0 Å². The van der Waals surface area contributed by atoms with Crippen molar-refractivity contribution in [2.24, 2.45) is 0 Å². The van der Waals surface area contributed by atoms with Crippen LogP contribution in [0.15, 0.2) is 53.7 Å². The number of aromatic nitrogens is 3. The van der Waals surface area contributed by atoms with Crippen LogP contribution < -0.4 is 15.0 Å². The molecule has 1 aromatic heterocycles. The molecule has 0 saturated carbocycles. The SMILES string of the molecule is Cc1ccccc1OCc1nc(SCC(=O)N2c3ccccc3NC(=O)CC2C)n[nH]1. The average molecular weight is 438 g/mol. The number of nitrogens with one attached hydrogen (secondary N) is 2. The summed E-state index contributed by atoms with van der Waals surface area (Å²) in [5, 5.41) is 10.4. The molecule has 0 saturated heterocycles. The van der Waals surface area contributed by atoms with Gasteiger partial charge in [0, 0.05) is 12.5 Å². The highest BCUT2D eigenvalue weighted by Gasteiger charge is 2.29. The van der Waals surface area contributed by atoms with Gasteiger partial charge in [0.1, 0.15) is 12.4 Å². The third kappa shape index (κ3) is 4.88. The van der Waals surface area contributed by atoms with Crippen molar-refractivity contribution < 1.29 is 14.3 Å². The van der Waals surface area contributed by atoms with Gasteiger partial charge in [-0.3, -0.25) is 14.7 Å². The van der Waals surface area contributed by atoms with E-state index in [9.17, 15) is 9.59 Å². The van der Waals surface area contributed by atoms with Crippen LogP contribution in [0.2, 0.25) is 0 Å². The topological polar surface area (TPSA) is 100 Å². The van der Waals surface area contributed by atoms with Gasteiger partial charge in [-0.2, -0.15) is 0 Å². The first-order chi connectivity index (χ1) is 15.0. The molecule has 1 unspecified atom stereocenters. The number of aryl methyl sites for hydroxylation is 1. The molecular formula is C22H23N5O3S. The van der Waals surface area contributed by atoms with E-state index in [1.54, 1.807) is 11.0 Å². The second kappa shape index (κ2) is 9.22. The zero-order chi connectivity index (χ0) is 21.8. The number of anilines is 2.